The van der Waals surface area contributed by atoms with E-state index in [2.05, 4.69) is 25.7 Å². The SMILES string of the molecule is CC(C)[C@H]1CC[C@@H](C)C[C@H]1OC[C@@H](O)CN1CCN(c2cccc(C(F)(F)F)c2)CC1. The van der Waals surface area contributed by atoms with Gasteiger partial charge in [-0.15, -0.1) is 0 Å². The van der Waals surface area contributed by atoms with Gasteiger partial charge in [0.25, 0.3) is 0 Å². The van der Waals surface area contributed by atoms with Gasteiger partial charge < -0.3 is 14.7 Å². The zero-order valence-electron chi connectivity index (χ0n) is 18.9. The zero-order chi connectivity index (χ0) is 22.6. The van der Waals surface area contributed by atoms with E-state index >= 15 is 0 Å². The van der Waals surface area contributed by atoms with Crippen molar-refractivity contribution in [1.82, 2.24) is 4.90 Å². The van der Waals surface area contributed by atoms with Crippen molar-refractivity contribution in [3.05, 3.63) is 29.8 Å². The molecular formula is C24H37F3N2O2. The summed E-state index contributed by atoms with van der Waals surface area (Å²) in [5.74, 6) is 1.80. The molecule has 1 saturated carbocycles. The monoisotopic (exact) mass is 442 g/mol. The molecule has 4 nitrogen and oxygen atoms in total. The molecule has 7 heteroatoms. The van der Waals surface area contributed by atoms with Gasteiger partial charge in [-0.2, -0.15) is 13.2 Å². The average molecular weight is 443 g/mol. The van der Waals surface area contributed by atoms with Gasteiger partial charge in [-0.05, 0) is 48.8 Å². The highest BCUT2D eigenvalue weighted by Gasteiger charge is 2.33. The van der Waals surface area contributed by atoms with Gasteiger partial charge in [-0.1, -0.05) is 33.3 Å². The van der Waals surface area contributed by atoms with E-state index in [0.717, 1.165) is 12.5 Å². The Morgan fingerprint density at radius 1 is 1.13 bits per heavy atom. The summed E-state index contributed by atoms with van der Waals surface area (Å²) in [6.45, 7) is 10.3. The minimum atomic E-state index is -4.33. The van der Waals surface area contributed by atoms with Gasteiger partial charge in [0.15, 0.2) is 0 Å². The summed E-state index contributed by atoms with van der Waals surface area (Å²) in [6.07, 6.45) is -1.16. The molecule has 1 heterocycles. The summed E-state index contributed by atoms with van der Waals surface area (Å²) in [4.78, 5) is 4.15. The van der Waals surface area contributed by atoms with E-state index in [0.29, 0.717) is 62.8 Å². The minimum absolute atomic E-state index is 0.219. The summed E-state index contributed by atoms with van der Waals surface area (Å²) < 4.78 is 45.1. The third-order valence-electron chi connectivity index (χ3n) is 6.84. The van der Waals surface area contributed by atoms with Crippen molar-refractivity contribution in [3.63, 3.8) is 0 Å². The van der Waals surface area contributed by atoms with Gasteiger partial charge in [0.05, 0.1) is 24.4 Å². The van der Waals surface area contributed by atoms with E-state index in [-0.39, 0.29) is 6.10 Å². The Labute approximate surface area is 184 Å². The first-order valence-electron chi connectivity index (χ1n) is 11.6. The number of halogens is 3. The molecule has 4 atom stereocenters. The van der Waals surface area contributed by atoms with Crippen LogP contribution in [0.4, 0.5) is 18.9 Å². The van der Waals surface area contributed by atoms with Crippen LogP contribution in [-0.2, 0) is 10.9 Å². The highest BCUT2D eigenvalue weighted by molar-refractivity contribution is 5.49. The van der Waals surface area contributed by atoms with Crippen molar-refractivity contribution in [2.75, 3.05) is 44.2 Å². The molecule has 1 aromatic carbocycles. The standard InChI is InChI=1S/C24H37F3N2O2/c1-17(2)22-8-7-18(3)13-23(22)31-16-21(30)15-28-9-11-29(12-10-28)20-6-4-5-19(14-20)24(25,26)27/h4-6,14,17-18,21-23,30H,7-13,15-16H2,1-3H3/t18-,21+,22-,23-/m1/s1. The maximum Gasteiger partial charge on any atom is 0.416 e. The third kappa shape index (κ3) is 6.83. The number of piperazine rings is 1. The maximum atomic E-state index is 13.0. The van der Waals surface area contributed by atoms with Crippen molar-refractivity contribution in [2.24, 2.45) is 17.8 Å². The fourth-order valence-electron chi connectivity index (χ4n) is 4.96. The molecule has 1 aromatic rings. The molecule has 2 fully saturated rings. The predicted octanol–water partition coefficient (Wildman–Crippen LogP) is 4.67. The number of aliphatic hydroxyl groups is 1. The lowest BCUT2D eigenvalue weighted by molar-refractivity contribution is -0.137. The topological polar surface area (TPSA) is 35.9 Å². The first-order chi connectivity index (χ1) is 14.6. The average Bonchev–Trinajstić information content (AvgIpc) is 2.72. The maximum absolute atomic E-state index is 13.0. The molecule has 0 amide bonds. The Kier molecular flexibility index (Phi) is 8.27. The number of nitrogens with zero attached hydrogens (tertiary/aromatic N) is 2. The first kappa shape index (κ1) is 24.3. The first-order valence-corrected chi connectivity index (χ1v) is 11.6. The van der Waals surface area contributed by atoms with Crippen molar-refractivity contribution in [3.8, 4) is 0 Å². The second-order valence-corrected chi connectivity index (χ2v) is 9.69. The number of rotatable bonds is 7. The zero-order valence-corrected chi connectivity index (χ0v) is 18.9. The highest BCUT2D eigenvalue weighted by atomic mass is 19.4. The van der Waals surface area contributed by atoms with Gasteiger partial charge in [0.1, 0.15) is 0 Å². The second-order valence-electron chi connectivity index (χ2n) is 9.69. The fraction of sp³-hybridized carbons (Fsp3) is 0.750. The molecule has 0 bridgehead atoms. The van der Waals surface area contributed by atoms with Crippen molar-refractivity contribution in [2.45, 2.75) is 58.4 Å². The minimum Gasteiger partial charge on any atom is -0.389 e. The number of hydrogen-bond donors (Lipinski definition) is 1. The van der Waals surface area contributed by atoms with E-state index in [1.165, 1.54) is 25.0 Å². The molecule has 2 aliphatic rings. The summed E-state index contributed by atoms with van der Waals surface area (Å²) in [7, 11) is 0. The summed E-state index contributed by atoms with van der Waals surface area (Å²) >= 11 is 0. The van der Waals surface area contributed by atoms with Crippen LogP contribution in [0.5, 0.6) is 0 Å². The molecule has 3 rings (SSSR count). The van der Waals surface area contributed by atoms with Crippen LogP contribution in [0.2, 0.25) is 0 Å². The lowest BCUT2D eigenvalue weighted by atomic mass is 9.75. The van der Waals surface area contributed by atoms with Crippen LogP contribution in [0.25, 0.3) is 0 Å². The summed E-state index contributed by atoms with van der Waals surface area (Å²) in [5, 5.41) is 10.5. The number of β-amino-alcohol motifs (C(OH)–C–C–N with tert-alkyl or cyclic N) is 1. The highest BCUT2D eigenvalue weighted by Crippen LogP contribution is 2.35. The molecule has 1 saturated heterocycles. The summed E-state index contributed by atoms with van der Waals surface area (Å²) in [5.41, 5.74) is -0.0127. The summed E-state index contributed by atoms with van der Waals surface area (Å²) in [6, 6.07) is 5.51. The number of ether oxygens (including phenoxy) is 1. The molecule has 1 N–H and O–H groups in total. The predicted molar refractivity (Wildman–Crippen MR) is 117 cm³/mol. The van der Waals surface area contributed by atoms with Crippen molar-refractivity contribution in [1.29, 1.82) is 0 Å². The van der Waals surface area contributed by atoms with Crippen molar-refractivity contribution < 1.29 is 23.0 Å². The number of aliphatic hydroxyl groups excluding tert-OH is 1. The number of anilines is 1. The second kappa shape index (κ2) is 10.5. The van der Waals surface area contributed by atoms with Crippen LogP contribution in [0, 0.1) is 17.8 Å². The normalized spacial score (nSPS) is 27.0. The Hall–Kier alpha value is -1.31. The van der Waals surface area contributed by atoms with Crippen LogP contribution in [-0.4, -0.2) is 61.5 Å². The Bertz CT molecular complexity index is 690. The Balaban J connectivity index is 1.44. The van der Waals surface area contributed by atoms with Crippen LogP contribution >= 0.6 is 0 Å². The lowest BCUT2D eigenvalue weighted by Gasteiger charge is -2.39. The molecule has 0 unspecified atom stereocenters. The van der Waals surface area contributed by atoms with Gasteiger partial charge in [0, 0.05) is 38.4 Å². The number of benzene rings is 1. The van der Waals surface area contributed by atoms with Crippen LogP contribution < -0.4 is 4.90 Å². The van der Waals surface area contributed by atoms with E-state index in [4.69, 9.17) is 4.74 Å². The van der Waals surface area contributed by atoms with Gasteiger partial charge in [0.2, 0.25) is 0 Å². The number of alkyl halides is 3. The van der Waals surface area contributed by atoms with Crippen LogP contribution in [0.1, 0.15) is 45.6 Å². The van der Waals surface area contributed by atoms with Gasteiger partial charge in [-0.25, -0.2) is 0 Å². The van der Waals surface area contributed by atoms with E-state index < -0.39 is 17.8 Å². The van der Waals surface area contributed by atoms with Crippen LogP contribution in [0.15, 0.2) is 24.3 Å². The molecule has 31 heavy (non-hydrogen) atoms. The Morgan fingerprint density at radius 3 is 2.48 bits per heavy atom. The van der Waals surface area contributed by atoms with E-state index in [9.17, 15) is 18.3 Å². The van der Waals surface area contributed by atoms with Crippen LogP contribution in [0.3, 0.4) is 0 Å². The third-order valence-corrected chi connectivity index (χ3v) is 6.84. The smallest absolute Gasteiger partial charge is 0.389 e. The van der Waals surface area contributed by atoms with Crippen molar-refractivity contribution >= 4 is 5.69 Å². The largest absolute Gasteiger partial charge is 0.416 e. The molecule has 1 aliphatic heterocycles. The lowest BCUT2D eigenvalue weighted by Crippen LogP contribution is -2.49. The van der Waals surface area contributed by atoms with Gasteiger partial charge >= 0.3 is 6.18 Å². The fourth-order valence-corrected chi connectivity index (χ4v) is 4.96. The Morgan fingerprint density at radius 2 is 1.84 bits per heavy atom. The molecule has 176 valence electrons. The van der Waals surface area contributed by atoms with Gasteiger partial charge in [-0.3, -0.25) is 4.90 Å². The molecule has 0 aromatic heterocycles. The quantitative estimate of drug-likeness (QED) is 0.666. The molecule has 1 aliphatic carbocycles. The molecule has 0 radical (unpaired) electrons. The molecular weight excluding hydrogens is 405 g/mol. The van der Waals surface area contributed by atoms with E-state index in [1.54, 1.807) is 6.07 Å². The molecule has 0 spiro atoms. The van der Waals surface area contributed by atoms with E-state index in [1.807, 2.05) is 4.90 Å². The number of hydrogen-bond acceptors (Lipinski definition) is 4.